The maximum atomic E-state index is 12.8. The van der Waals surface area contributed by atoms with Crippen molar-refractivity contribution in [2.45, 2.75) is 50.6 Å². The Bertz CT molecular complexity index is 719. The van der Waals surface area contributed by atoms with Crippen LogP contribution in [0.25, 0.3) is 0 Å². The van der Waals surface area contributed by atoms with E-state index in [0.717, 1.165) is 43.8 Å². The summed E-state index contributed by atoms with van der Waals surface area (Å²) in [5, 5.41) is 0. The fourth-order valence-electron chi connectivity index (χ4n) is 4.05. The number of ether oxygens (including phenoxy) is 1. The second kappa shape index (κ2) is 7.60. The van der Waals surface area contributed by atoms with E-state index < -0.39 is 0 Å². The SMILES string of the molecule is CN(Cc1ccccn1)C(=O)[C@@H]1CC[C@@H]2[C@@H](CCN2Cc2ccco2)O1. The van der Waals surface area contributed by atoms with Gasteiger partial charge in [-0.05, 0) is 43.5 Å². The Kier molecular flexibility index (Phi) is 5.04. The molecule has 2 aromatic rings. The fraction of sp³-hybridized carbons (Fsp3) is 0.500. The predicted octanol–water partition coefficient (Wildman–Crippen LogP) is 2.46. The first-order valence-corrected chi connectivity index (χ1v) is 9.27. The summed E-state index contributed by atoms with van der Waals surface area (Å²) < 4.78 is 11.7. The van der Waals surface area contributed by atoms with Crippen molar-refractivity contribution in [2.75, 3.05) is 13.6 Å². The zero-order chi connectivity index (χ0) is 17.9. The molecule has 2 aliphatic rings. The monoisotopic (exact) mass is 355 g/mol. The summed E-state index contributed by atoms with van der Waals surface area (Å²) in [6.45, 7) is 2.31. The molecule has 4 heterocycles. The van der Waals surface area contributed by atoms with Gasteiger partial charge in [0.25, 0.3) is 5.91 Å². The minimum Gasteiger partial charge on any atom is -0.468 e. The van der Waals surface area contributed by atoms with Gasteiger partial charge in [-0.3, -0.25) is 14.7 Å². The van der Waals surface area contributed by atoms with Crippen LogP contribution in [0.15, 0.2) is 47.2 Å². The number of rotatable bonds is 5. The highest BCUT2D eigenvalue weighted by Gasteiger charge is 2.42. The number of pyridine rings is 1. The molecule has 2 fully saturated rings. The van der Waals surface area contributed by atoms with Gasteiger partial charge >= 0.3 is 0 Å². The molecule has 1 amide bonds. The smallest absolute Gasteiger partial charge is 0.251 e. The van der Waals surface area contributed by atoms with Crippen molar-refractivity contribution in [3.63, 3.8) is 0 Å². The normalized spacial score (nSPS) is 25.8. The topological polar surface area (TPSA) is 58.8 Å². The summed E-state index contributed by atoms with van der Waals surface area (Å²) in [6, 6.07) is 10.1. The lowest BCUT2D eigenvalue weighted by Gasteiger charge is -2.36. The number of likely N-dealkylation sites (tertiary alicyclic amines) is 1. The minimum absolute atomic E-state index is 0.0542. The lowest BCUT2D eigenvalue weighted by atomic mass is 9.98. The van der Waals surface area contributed by atoms with Crippen molar-refractivity contribution < 1.29 is 13.9 Å². The summed E-state index contributed by atoms with van der Waals surface area (Å²) in [7, 11) is 1.82. The largest absolute Gasteiger partial charge is 0.468 e. The summed E-state index contributed by atoms with van der Waals surface area (Å²) >= 11 is 0. The molecule has 0 radical (unpaired) electrons. The zero-order valence-corrected chi connectivity index (χ0v) is 15.1. The number of likely N-dealkylation sites (N-methyl/N-ethyl adjacent to an activating group) is 1. The van der Waals surface area contributed by atoms with Crippen LogP contribution in [0.1, 0.15) is 30.7 Å². The van der Waals surface area contributed by atoms with Gasteiger partial charge in [-0.2, -0.15) is 0 Å². The van der Waals surface area contributed by atoms with E-state index in [-0.39, 0.29) is 18.1 Å². The van der Waals surface area contributed by atoms with E-state index in [1.165, 1.54) is 0 Å². The molecule has 6 nitrogen and oxygen atoms in total. The van der Waals surface area contributed by atoms with Gasteiger partial charge < -0.3 is 14.1 Å². The van der Waals surface area contributed by atoms with E-state index >= 15 is 0 Å². The van der Waals surface area contributed by atoms with Crippen LogP contribution in [0, 0.1) is 0 Å². The van der Waals surface area contributed by atoms with E-state index in [1.54, 1.807) is 17.4 Å². The molecule has 0 unspecified atom stereocenters. The average molecular weight is 355 g/mol. The Morgan fingerprint density at radius 2 is 2.19 bits per heavy atom. The van der Waals surface area contributed by atoms with Crippen LogP contribution >= 0.6 is 0 Å². The summed E-state index contributed by atoms with van der Waals surface area (Å²) in [6.07, 6.45) is 5.98. The first kappa shape index (κ1) is 17.2. The van der Waals surface area contributed by atoms with Crippen LogP contribution in [-0.2, 0) is 22.6 Å². The number of carbonyl (C=O) groups excluding carboxylic acids is 1. The van der Waals surface area contributed by atoms with Gasteiger partial charge in [0.05, 0.1) is 31.2 Å². The summed E-state index contributed by atoms with van der Waals surface area (Å²) in [4.78, 5) is 21.2. The maximum Gasteiger partial charge on any atom is 0.251 e. The second-order valence-corrected chi connectivity index (χ2v) is 7.16. The van der Waals surface area contributed by atoms with E-state index in [1.807, 2.05) is 37.4 Å². The molecule has 0 aliphatic carbocycles. The molecule has 0 bridgehead atoms. The summed E-state index contributed by atoms with van der Waals surface area (Å²) in [5.74, 6) is 1.04. The van der Waals surface area contributed by atoms with Crippen LogP contribution in [0.5, 0.6) is 0 Å². The number of nitrogens with zero attached hydrogens (tertiary/aromatic N) is 3. The molecule has 2 aliphatic heterocycles. The molecule has 0 saturated carbocycles. The third-order valence-electron chi connectivity index (χ3n) is 5.38. The highest BCUT2D eigenvalue weighted by molar-refractivity contribution is 5.80. The van der Waals surface area contributed by atoms with Gasteiger partial charge in [-0.25, -0.2) is 0 Å². The lowest BCUT2D eigenvalue weighted by Crippen LogP contribution is -2.47. The molecule has 3 atom stereocenters. The molecule has 4 rings (SSSR count). The van der Waals surface area contributed by atoms with Gasteiger partial charge in [-0.15, -0.1) is 0 Å². The molecule has 0 N–H and O–H groups in total. The second-order valence-electron chi connectivity index (χ2n) is 7.16. The minimum atomic E-state index is -0.339. The van der Waals surface area contributed by atoms with Gasteiger partial charge in [0.2, 0.25) is 0 Å². The van der Waals surface area contributed by atoms with Crippen LogP contribution in [0.3, 0.4) is 0 Å². The molecular formula is C20H25N3O3. The van der Waals surface area contributed by atoms with Gasteiger partial charge in [0, 0.05) is 25.8 Å². The first-order valence-electron chi connectivity index (χ1n) is 9.27. The van der Waals surface area contributed by atoms with Crippen molar-refractivity contribution >= 4 is 5.91 Å². The molecule has 0 spiro atoms. The molecule has 26 heavy (non-hydrogen) atoms. The predicted molar refractivity (Wildman–Crippen MR) is 96.1 cm³/mol. The fourth-order valence-corrected chi connectivity index (χ4v) is 4.05. The summed E-state index contributed by atoms with van der Waals surface area (Å²) in [5.41, 5.74) is 0.891. The number of aromatic nitrogens is 1. The third kappa shape index (κ3) is 3.66. The van der Waals surface area contributed by atoms with E-state index in [9.17, 15) is 4.79 Å². The highest BCUT2D eigenvalue weighted by Crippen LogP contribution is 2.33. The maximum absolute atomic E-state index is 12.8. The number of fused-ring (bicyclic) bond motifs is 1. The van der Waals surface area contributed by atoms with Crippen LogP contribution < -0.4 is 0 Å². The van der Waals surface area contributed by atoms with E-state index in [2.05, 4.69) is 9.88 Å². The standard InChI is InChI=1S/C20H25N3O3/c1-22(13-15-5-2-3-10-21-15)20(24)19-8-7-17-18(26-19)9-11-23(17)14-16-6-4-12-25-16/h2-6,10,12,17-19H,7-9,11,13-14H2,1H3/t17-,18-,19+/m1/s1. The number of amides is 1. The quantitative estimate of drug-likeness (QED) is 0.825. The average Bonchev–Trinajstić information content (AvgIpc) is 3.32. The van der Waals surface area contributed by atoms with Crippen LogP contribution in [-0.4, -0.2) is 52.5 Å². The Balaban J connectivity index is 1.33. The molecule has 138 valence electrons. The number of carbonyl (C=O) groups is 1. The highest BCUT2D eigenvalue weighted by atomic mass is 16.5. The Morgan fingerprint density at radius 1 is 1.27 bits per heavy atom. The van der Waals surface area contributed by atoms with Gasteiger partial charge in [-0.1, -0.05) is 6.07 Å². The van der Waals surface area contributed by atoms with Gasteiger partial charge in [0.1, 0.15) is 11.9 Å². The number of furan rings is 1. The molecule has 2 aromatic heterocycles. The molecule has 6 heteroatoms. The molecule has 2 saturated heterocycles. The Morgan fingerprint density at radius 3 is 2.96 bits per heavy atom. The van der Waals surface area contributed by atoms with Crippen LogP contribution in [0.2, 0.25) is 0 Å². The van der Waals surface area contributed by atoms with E-state index in [4.69, 9.17) is 9.15 Å². The Hall–Kier alpha value is -2.18. The van der Waals surface area contributed by atoms with Crippen molar-refractivity contribution in [3.05, 3.63) is 54.2 Å². The van der Waals surface area contributed by atoms with E-state index in [0.29, 0.717) is 12.6 Å². The zero-order valence-electron chi connectivity index (χ0n) is 15.1. The van der Waals surface area contributed by atoms with Crippen molar-refractivity contribution in [2.24, 2.45) is 0 Å². The molecular weight excluding hydrogens is 330 g/mol. The first-order chi connectivity index (χ1) is 12.7. The van der Waals surface area contributed by atoms with Crippen molar-refractivity contribution in [3.8, 4) is 0 Å². The molecule has 0 aromatic carbocycles. The lowest BCUT2D eigenvalue weighted by molar-refractivity contribution is -0.154. The van der Waals surface area contributed by atoms with Gasteiger partial charge in [0.15, 0.2) is 0 Å². The third-order valence-corrected chi connectivity index (χ3v) is 5.38. The Labute approximate surface area is 153 Å². The van der Waals surface area contributed by atoms with Crippen LogP contribution in [0.4, 0.5) is 0 Å². The van der Waals surface area contributed by atoms with Crippen molar-refractivity contribution in [1.82, 2.24) is 14.8 Å². The number of hydrogen-bond donors (Lipinski definition) is 0. The van der Waals surface area contributed by atoms with Crippen molar-refractivity contribution in [1.29, 1.82) is 0 Å². The number of hydrogen-bond acceptors (Lipinski definition) is 5.